The fraction of sp³-hybridized carbons (Fsp3) is 0.417. The molecule has 1 atom stereocenters. The quantitative estimate of drug-likeness (QED) is 0.402. The number of morpholine rings is 1. The first-order valence-corrected chi connectivity index (χ1v) is 10.9. The number of hydrogen-bond donors (Lipinski definition) is 1. The lowest BCUT2D eigenvalue weighted by molar-refractivity contribution is -0.140. The van der Waals surface area contributed by atoms with Crippen LogP contribution in [0.25, 0.3) is 5.76 Å². The van der Waals surface area contributed by atoms with E-state index in [1.54, 1.807) is 39.2 Å². The first kappa shape index (κ1) is 22.9. The largest absolute Gasteiger partial charge is 0.507 e. The minimum Gasteiger partial charge on any atom is -0.507 e. The third-order valence-corrected chi connectivity index (χ3v) is 6.07. The Labute approximate surface area is 192 Å². The van der Waals surface area contributed by atoms with Crippen LogP contribution >= 0.6 is 0 Å². The van der Waals surface area contributed by atoms with E-state index < -0.39 is 17.7 Å². The number of aromatic nitrogens is 2. The van der Waals surface area contributed by atoms with E-state index in [1.807, 2.05) is 6.07 Å². The zero-order valence-electron chi connectivity index (χ0n) is 19.1. The van der Waals surface area contributed by atoms with Crippen LogP contribution in [0.1, 0.15) is 28.7 Å². The Hall–Kier alpha value is -3.30. The monoisotopic (exact) mass is 452 g/mol. The molecule has 2 aromatic rings. The average molecular weight is 453 g/mol. The fourth-order valence-corrected chi connectivity index (χ4v) is 4.30. The van der Waals surface area contributed by atoms with Crippen molar-refractivity contribution in [3.8, 4) is 5.75 Å². The van der Waals surface area contributed by atoms with Crippen molar-refractivity contribution in [3.05, 3.63) is 58.7 Å². The Morgan fingerprint density at radius 1 is 1.21 bits per heavy atom. The predicted molar refractivity (Wildman–Crippen MR) is 121 cm³/mol. The average Bonchev–Trinajstić information content (AvgIpc) is 3.08. The van der Waals surface area contributed by atoms with Gasteiger partial charge < -0.3 is 19.5 Å². The molecule has 3 heterocycles. The Balaban J connectivity index is 1.77. The number of carbonyl (C=O) groups excluding carboxylic acids is 2. The van der Waals surface area contributed by atoms with Crippen LogP contribution in [0.15, 0.2) is 36.0 Å². The molecule has 0 spiro atoms. The van der Waals surface area contributed by atoms with Crippen LogP contribution in [0.3, 0.4) is 0 Å². The van der Waals surface area contributed by atoms with Crippen molar-refractivity contribution in [2.24, 2.45) is 0 Å². The third-order valence-electron chi connectivity index (χ3n) is 6.07. The zero-order chi connectivity index (χ0) is 23.5. The molecule has 1 aromatic carbocycles. The summed E-state index contributed by atoms with van der Waals surface area (Å²) in [7, 11) is 1.56. The van der Waals surface area contributed by atoms with Gasteiger partial charge in [0.25, 0.3) is 11.7 Å². The highest BCUT2D eigenvalue weighted by Gasteiger charge is 2.46. The maximum atomic E-state index is 13.2. The molecule has 4 rings (SSSR count). The number of hydrogen-bond acceptors (Lipinski definition) is 8. The molecule has 1 unspecified atom stereocenters. The number of carbonyl (C=O) groups is 2. The number of rotatable bonds is 6. The fourth-order valence-electron chi connectivity index (χ4n) is 4.30. The number of likely N-dealkylation sites (tertiary alicyclic amines) is 1. The van der Waals surface area contributed by atoms with Gasteiger partial charge in [-0.3, -0.25) is 14.5 Å². The van der Waals surface area contributed by atoms with Crippen LogP contribution in [0.2, 0.25) is 0 Å². The minimum atomic E-state index is -0.748. The first-order valence-electron chi connectivity index (χ1n) is 10.9. The van der Waals surface area contributed by atoms with E-state index in [0.29, 0.717) is 54.7 Å². The first-order chi connectivity index (χ1) is 15.9. The van der Waals surface area contributed by atoms with Crippen LogP contribution in [-0.2, 0) is 14.3 Å². The van der Waals surface area contributed by atoms with Gasteiger partial charge in [-0.15, -0.1) is 0 Å². The van der Waals surface area contributed by atoms with Crippen LogP contribution in [0.4, 0.5) is 0 Å². The number of benzene rings is 1. The standard InChI is InChI=1S/C24H28N4O5/c1-15-19(14-25-16(2)26-15)22(29)20-21(17-5-4-6-18(13-17)32-3)28(24(31)23(20)30)8-7-27-9-11-33-12-10-27/h4-6,13-14,21,29H,7-12H2,1-3H3. The van der Waals surface area contributed by atoms with E-state index in [9.17, 15) is 14.7 Å². The number of amides is 1. The molecule has 2 aliphatic heterocycles. The maximum absolute atomic E-state index is 13.2. The molecule has 1 N–H and O–H groups in total. The number of aliphatic hydroxyl groups is 1. The molecule has 2 saturated heterocycles. The lowest BCUT2D eigenvalue weighted by atomic mass is 9.95. The molecular weight excluding hydrogens is 424 g/mol. The van der Waals surface area contributed by atoms with Crippen molar-refractivity contribution in [1.29, 1.82) is 0 Å². The highest BCUT2D eigenvalue weighted by atomic mass is 16.5. The van der Waals surface area contributed by atoms with E-state index >= 15 is 0 Å². The molecule has 2 fully saturated rings. The van der Waals surface area contributed by atoms with Gasteiger partial charge in [-0.2, -0.15) is 0 Å². The molecular formula is C24H28N4O5. The van der Waals surface area contributed by atoms with Crippen molar-refractivity contribution >= 4 is 17.4 Å². The van der Waals surface area contributed by atoms with E-state index in [1.165, 1.54) is 11.1 Å². The Bertz CT molecular complexity index is 1090. The minimum absolute atomic E-state index is 0.0331. The lowest BCUT2D eigenvalue weighted by Gasteiger charge is -2.31. The number of Topliss-reactive ketones (excluding diaryl/α,β-unsaturated/α-hetero) is 1. The SMILES string of the molecule is COc1cccc(C2C(=C(O)c3cnc(C)nc3C)C(=O)C(=O)N2CCN2CCOCC2)c1. The van der Waals surface area contributed by atoms with Crippen molar-refractivity contribution in [3.63, 3.8) is 0 Å². The number of nitrogens with zero attached hydrogens (tertiary/aromatic N) is 4. The summed E-state index contributed by atoms with van der Waals surface area (Å²) in [5, 5.41) is 11.2. The molecule has 9 nitrogen and oxygen atoms in total. The van der Waals surface area contributed by atoms with Crippen molar-refractivity contribution in [2.45, 2.75) is 19.9 Å². The van der Waals surface area contributed by atoms with Gasteiger partial charge in [0.05, 0.1) is 43.2 Å². The highest BCUT2D eigenvalue weighted by Crippen LogP contribution is 2.40. The van der Waals surface area contributed by atoms with E-state index in [4.69, 9.17) is 9.47 Å². The third kappa shape index (κ3) is 4.60. The van der Waals surface area contributed by atoms with Gasteiger partial charge in [0.15, 0.2) is 0 Å². The summed E-state index contributed by atoms with van der Waals surface area (Å²) in [4.78, 5) is 38.5. The topological polar surface area (TPSA) is 105 Å². The second-order valence-electron chi connectivity index (χ2n) is 8.14. The molecule has 1 aromatic heterocycles. The molecule has 0 saturated carbocycles. The summed E-state index contributed by atoms with van der Waals surface area (Å²) in [6.45, 7) is 7.25. The molecule has 1 amide bonds. The van der Waals surface area contributed by atoms with Gasteiger partial charge in [-0.05, 0) is 31.5 Å². The van der Waals surface area contributed by atoms with Crippen molar-refractivity contribution < 1.29 is 24.2 Å². The van der Waals surface area contributed by atoms with Gasteiger partial charge in [0.1, 0.15) is 17.3 Å². The zero-order valence-corrected chi connectivity index (χ0v) is 19.1. The van der Waals surface area contributed by atoms with E-state index in [0.717, 1.165) is 13.1 Å². The smallest absolute Gasteiger partial charge is 0.295 e. The van der Waals surface area contributed by atoms with Crippen LogP contribution in [0, 0.1) is 13.8 Å². The molecule has 33 heavy (non-hydrogen) atoms. The maximum Gasteiger partial charge on any atom is 0.295 e. The summed E-state index contributed by atoms with van der Waals surface area (Å²) >= 11 is 0. The van der Waals surface area contributed by atoms with Crippen molar-refractivity contribution in [1.82, 2.24) is 19.8 Å². The Kier molecular flexibility index (Phi) is 6.71. The number of ketones is 1. The molecule has 2 aliphatic rings. The second kappa shape index (κ2) is 9.68. The summed E-state index contributed by atoms with van der Waals surface area (Å²) in [6.07, 6.45) is 1.48. The number of aryl methyl sites for hydroxylation is 2. The van der Waals surface area contributed by atoms with Gasteiger partial charge >= 0.3 is 0 Å². The molecule has 0 radical (unpaired) electrons. The summed E-state index contributed by atoms with van der Waals surface area (Å²) < 4.78 is 10.8. The summed E-state index contributed by atoms with van der Waals surface area (Å²) in [6, 6.07) is 6.45. The van der Waals surface area contributed by atoms with Crippen LogP contribution in [0.5, 0.6) is 5.75 Å². The van der Waals surface area contributed by atoms with E-state index in [-0.39, 0.29) is 11.3 Å². The summed E-state index contributed by atoms with van der Waals surface area (Å²) in [5.74, 6) is -0.474. The van der Waals surface area contributed by atoms with Crippen molar-refractivity contribution in [2.75, 3.05) is 46.5 Å². The van der Waals surface area contributed by atoms with Gasteiger partial charge in [0, 0.05) is 32.4 Å². The molecule has 0 aliphatic carbocycles. The molecule has 9 heteroatoms. The Morgan fingerprint density at radius 2 is 1.97 bits per heavy atom. The number of ether oxygens (including phenoxy) is 2. The number of methoxy groups -OCH3 is 1. The second-order valence-corrected chi connectivity index (χ2v) is 8.14. The lowest BCUT2D eigenvalue weighted by Crippen LogP contribution is -2.42. The molecule has 0 bridgehead atoms. The molecule has 174 valence electrons. The Morgan fingerprint density at radius 3 is 2.67 bits per heavy atom. The number of aliphatic hydroxyl groups excluding tert-OH is 1. The van der Waals surface area contributed by atoms with Crippen LogP contribution in [-0.4, -0.2) is 83.1 Å². The highest BCUT2D eigenvalue weighted by molar-refractivity contribution is 6.46. The van der Waals surface area contributed by atoms with Crippen LogP contribution < -0.4 is 4.74 Å². The van der Waals surface area contributed by atoms with Gasteiger partial charge in [0.2, 0.25) is 0 Å². The summed E-state index contributed by atoms with van der Waals surface area (Å²) in [5.41, 5.74) is 1.58. The normalized spacial score (nSPS) is 20.9. The predicted octanol–water partition coefficient (Wildman–Crippen LogP) is 1.86. The van der Waals surface area contributed by atoms with Gasteiger partial charge in [-0.1, -0.05) is 12.1 Å². The van der Waals surface area contributed by atoms with E-state index in [2.05, 4.69) is 14.9 Å². The van der Waals surface area contributed by atoms with Gasteiger partial charge in [-0.25, -0.2) is 9.97 Å².